The summed E-state index contributed by atoms with van der Waals surface area (Å²) >= 11 is 0. The van der Waals surface area contributed by atoms with Crippen LogP contribution in [0.25, 0.3) is 6.08 Å². The van der Waals surface area contributed by atoms with E-state index in [1.54, 1.807) is 20.3 Å². The lowest BCUT2D eigenvalue weighted by Crippen LogP contribution is -2.28. The smallest absolute Gasteiger partial charge is 0.224 e. The molecule has 0 aromatic heterocycles. The average Bonchev–Trinajstić information content (AvgIpc) is 2.39. The quantitative estimate of drug-likeness (QED) is 0.747. The van der Waals surface area contributed by atoms with Crippen molar-refractivity contribution in [2.75, 3.05) is 27.4 Å². The molecule has 4 heteroatoms. The van der Waals surface area contributed by atoms with Crippen molar-refractivity contribution in [1.29, 1.82) is 0 Å². The molecule has 98 valence electrons. The van der Waals surface area contributed by atoms with Gasteiger partial charge in [0, 0.05) is 19.2 Å². The van der Waals surface area contributed by atoms with E-state index in [-0.39, 0.29) is 12.3 Å². The lowest BCUT2D eigenvalue weighted by molar-refractivity contribution is -0.120. The minimum atomic E-state index is -0.0495. The molecule has 0 saturated heterocycles. The van der Waals surface area contributed by atoms with E-state index in [0.717, 1.165) is 11.1 Å². The van der Waals surface area contributed by atoms with Gasteiger partial charge in [-0.1, -0.05) is 18.7 Å². The average molecular weight is 249 g/mol. The highest BCUT2D eigenvalue weighted by molar-refractivity contribution is 5.79. The summed E-state index contributed by atoms with van der Waals surface area (Å²) in [4.78, 5) is 11.7. The maximum absolute atomic E-state index is 11.7. The number of ether oxygens (including phenoxy) is 2. The molecule has 0 radical (unpaired) electrons. The zero-order valence-corrected chi connectivity index (χ0v) is 10.9. The Morgan fingerprint density at radius 3 is 2.83 bits per heavy atom. The van der Waals surface area contributed by atoms with Crippen LogP contribution in [0, 0.1) is 0 Å². The van der Waals surface area contributed by atoms with Crippen LogP contribution in [0.4, 0.5) is 0 Å². The van der Waals surface area contributed by atoms with Crippen LogP contribution in [0.5, 0.6) is 5.75 Å². The molecule has 0 aliphatic rings. The van der Waals surface area contributed by atoms with Gasteiger partial charge in [-0.15, -0.1) is 0 Å². The van der Waals surface area contributed by atoms with Gasteiger partial charge in [-0.25, -0.2) is 0 Å². The van der Waals surface area contributed by atoms with Gasteiger partial charge in [0.1, 0.15) is 5.75 Å². The van der Waals surface area contributed by atoms with Crippen molar-refractivity contribution in [2.24, 2.45) is 0 Å². The molecule has 0 aliphatic heterocycles. The highest BCUT2D eigenvalue weighted by atomic mass is 16.5. The number of carbonyl (C=O) groups is 1. The van der Waals surface area contributed by atoms with Gasteiger partial charge in [-0.3, -0.25) is 4.79 Å². The molecule has 18 heavy (non-hydrogen) atoms. The maximum atomic E-state index is 11.7. The summed E-state index contributed by atoms with van der Waals surface area (Å²) in [5.41, 5.74) is 1.82. The Morgan fingerprint density at radius 2 is 2.22 bits per heavy atom. The number of rotatable bonds is 7. The predicted octanol–water partition coefficient (Wildman–Crippen LogP) is 1.64. The fraction of sp³-hybridized carbons (Fsp3) is 0.357. The van der Waals surface area contributed by atoms with E-state index in [1.807, 2.05) is 18.2 Å². The summed E-state index contributed by atoms with van der Waals surface area (Å²) in [5, 5.41) is 2.78. The Bertz CT molecular complexity index is 416. The third-order valence-corrected chi connectivity index (χ3v) is 2.52. The van der Waals surface area contributed by atoms with Crippen LogP contribution in [-0.2, 0) is 16.0 Å². The molecule has 0 saturated carbocycles. The first kappa shape index (κ1) is 14.3. The van der Waals surface area contributed by atoms with Gasteiger partial charge in [0.25, 0.3) is 0 Å². The zero-order valence-electron chi connectivity index (χ0n) is 10.9. The number of methoxy groups -OCH3 is 2. The van der Waals surface area contributed by atoms with Crippen molar-refractivity contribution in [2.45, 2.75) is 6.42 Å². The molecule has 0 fully saturated rings. The van der Waals surface area contributed by atoms with Gasteiger partial charge in [0.05, 0.1) is 20.1 Å². The predicted molar refractivity (Wildman–Crippen MR) is 71.7 cm³/mol. The van der Waals surface area contributed by atoms with E-state index in [9.17, 15) is 4.79 Å². The van der Waals surface area contributed by atoms with Crippen molar-refractivity contribution in [1.82, 2.24) is 5.32 Å². The number of carbonyl (C=O) groups excluding carboxylic acids is 1. The topological polar surface area (TPSA) is 47.6 Å². The summed E-state index contributed by atoms with van der Waals surface area (Å²) in [6.07, 6.45) is 2.03. The second-order valence-corrected chi connectivity index (χ2v) is 3.79. The third kappa shape index (κ3) is 4.22. The number of hydrogen-bond acceptors (Lipinski definition) is 3. The minimum Gasteiger partial charge on any atom is -0.496 e. The normalized spacial score (nSPS) is 9.89. The van der Waals surface area contributed by atoms with E-state index in [4.69, 9.17) is 9.47 Å². The van der Waals surface area contributed by atoms with E-state index < -0.39 is 0 Å². The van der Waals surface area contributed by atoms with Crippen LogP contribution in [0.2, 0.25) is 0 Å². The van der Waals surface area contributed by atoms with E-state index >= 15 is 0 Å². The monoisotopic (exact) mass is 249 g/mol. The standard InChI is InChI=1S/C14H19NO3/c1-4-11-5-6-13(18-3)12(9-11)10-14(16)15-7-8-17-2/h4-6,9H,1,7-8,10H2,2-3H3,(H,15,16). The molecular formula is C14H19NO3. The Labute approximate surface area is 108 Å². The third-order valence-electron chi connectivity index (χ3n) is 2.52. The summed E-state index contributed by atoms with van der Waals surface area (Å²) < 4.78 is 10.1. The van der Waals surface area contributed by atoms with Crippen LogP contribution in [0.15, 0.2) is 24.8 Å². The van der Waals surface area contributed by atoms with Gasteiger partial charge in [-0.2, -0.15) is 0 Å². The molecule has 1 aromatic rings. The summed E-state index contributed by atoms with van der Waals surface area (Å²) in [5.74, 6) is 0.661. The summed E-state index contributed by atoms with van der Waals surface area (Å²) in [6.45, 7) is 4.73. The highest BCUT2D eigenvalue weighted by Gasteiger charge is 2.08. The van der Waals surface area contributed by atoms with Gasteiger partial charge >= 0.3 is 0 Å². The van der Waals surface area contributed by atoms with Crippen LogP contribution < -0.4 is 10.1 Å². The SMILES string of the molecule is C=Cc1ccc(OC)c(CC(=O)NCCOC)c1. The van der Waals surface area contributed by atoms with Crippen LogP contribution >= 0.6 is 0 Å². The number of benzene rings is 1. The molecule has 0 spiro atoms. The van der Waals surface area contributed by atoms with Crippen LogP contribution in [0.3, 0.4) is 0 Å². The van der Waals surface area contributed by atoms with Gasteiger partial charge in [-0.05, 0) is 17.7 Å². The number of nitrogens with one attached hydrogen (secondary N) is 1. The molecule has 1 N–H and O–H groups in total. The molecule has 0 atom stereocenters. The van der Waals surface area contributed by atoms with Crippen molar-refractivity contribution in [3.8, 4) is 5.75 Å². The van der Waals surface area contributed by atoms with E-state index in [2.05, 4.69) is 11.9 Å². The Hall–Kier alpha value is -1.81. The van der Waals surface area contributed by atoms with Gasteiger partial charge < -0.3 is 14.8 Å². The first-order valence-corrected chi connectivity index (χ1v) is 5.76. The Balaban J connectivity index is 2.69. The lowest BCUT2D eigenvalue weighted by Gasteiger charge is -2.10. The molecule has 4 nitrogen and oxygen atoms in total. The lowest BCUT2D eigenvalue weighted by atomic mass is 10.1. The van der Waals surface area contributed by atoms with Gasteiger partial charge in [0.15, 0.2) is 0 Å². The Kier molecular flexibility index (Phi) is 5.94. The largest absolute Gasteiger partial charge is 0.496 e. The fourth-order valence-electron chi connectivity index (χ4n) is 1.59. The molecule has 0 bridgehead atoms. The Morgan fingerprint density at radius 1 is 1.44 bits per heavy atom. The van der Waals surface area contributed by atoms with Crippen molar-refractivity contribution >= 4 is 12.0 Å². The first-order chi connectivity index (χ1) is 8.71. The second kappa shape index (κ2) is 7.50. The molecule has 0 unspecified atom stereocenters. The first-order valence-electron chi connectivity index (χ1n) is 5.76. The molecule has 0 heterocycles. The van der Waals surface area contributed by atoms with Crippen molar-refractivity contribution in [3.05, 3.63) is 35.9 Å². The summed E-state index contributed by atoms with van der Waals surface area (Å²) in [6, 6.07) is 5.65. The summed E-state index contributed by atoms with van der Waals surface area (Å²) in [7, 11) is 3.19. The zero-order chi connectivity index (χ0) is 13.4. The van der Waals surface area contributed by atoms with Crippen LogP contribution in [0.1, 0.15) is 11.1 Å². The molecule has 1 aromatic carbocycles. The van der Waals surface area contributed by atoms with E-state index in [0.29, 0.717) is 18.9 Å². The van der Waals surface area contributed by atoms with Crippen LogP contribution in [-0.4, -0.2) is 33.3 Å². The van der Waals surface area contributed by atoms with Gasteiger partial charge in [0.2, 0.25) is 5.91 Å². The van der Waals surface area contributed by atoms with E-state index in [1.165, 1.54) is 0 Å². The number of amides is 1. The molecule has 1 amide bonds. The maximum Gasteiger partial charge on any atom is 0.224 e. The highest BCUT2D eigenvalue weighted by Crippen LogP contribution is 2.20. The fourth-order valence-corrected chi connectivity index (χ4v) is 1.59. The minimum absolute atomic E-state index is 0.0495. The molecule has 1 rings (SSSR count). The van der Waals surface area contributed by atoms with Crippen molar-refractivity contribution in [3.63, 3.8) is 0 Å². The van der Waals surface area contributed by atoms with Crippen molar-refractivity contribution < 1.29 is 14.3 Å². The second-order valence-electron chi connectivity index (χ2n) is 3.79. The number of hydrogen-bond donors (Lipinski definition) is 1. The molecular weight excluding hydrogens is 230 g/mol. The molecule has 0 aliphatic carbocycles.